The third kappa shape index (κ3) is 1.91. The van der Waals surface area contributed by atoms with Crippen molar-refractivity contribution in [2.75, 3.05) is 0 Å². The van der Waals surface area contributed by atoms with Gasteiger partial charge >= 0.3 is 0 Å². The number of para-hydroxylation sites is 1. The first-order chi connectivity index (χ1) is 11.8. The van der Waals surface area contributed by atoms with Gasteiger partial charge in [0.05, 0.1) is 11.1 Å². The maximum atomic E-state index is 13.5. The molecule has 0 fully saturated rings. The lowest BCUT2D eigenvalue weighted by Gasteiger charge is -2.20. The summed E-state index contributed by atoms with van der Waals surface area (Å²) >= 11 is 0. The molecule has 4 nitrogen and oxygen atoms in total. The number of hydrogen-bond acceptors (Lipinski definition) is 4. The van der Waals surface area contributed by atoms with E-state index in [4.69, 9.17) is 9.26 Å². The fourth-order valence-electron chi connectivity index (χ4n) is 3.06. The van der Waals surface area contributed by atoms with Crippen LogP contribution < -0.4 is 4.74 Å². The van der Waals surface area contributed by atoms with Crippen molar-refractivity contribution in [2.45, 2.75) is 6.61 Å². The molecule has 0 spiro atoms. The second kappa shape index (κ2) is 4.89. The molecule has 4 aromatic rings. The molecule has 1 aliphatic heterocycles. The average Bonchev–Trinajstić information content (AvgIpc) is 3.04. The summed E-state index contributed by atoms with van der Waals surface area (Å²) in [5.41, 5.74) is 4.75. The number of aromatic nitrogens is 2. The van der Waals surface area contributed by atoms with E-state index in [0.717, 1.165) is 28.1 Å². The van der Waals surface area contributed by atoms with Crippen molar-refractivity contribution in [2.24, 2.45) is 0 Å². The molecular formula is C19H11FN2O2. The zero-order chi connectivity index (χ0) is 16.1. The monoisotopic (exact) mass is 318 g/mol. The summed E-state index contributed by atoms with van der Waals surface area (Å²) in [6, 6.07) is 14.1. The first kappa shape index (κ1) is 13.2. The number of fused-ring (bicyclic) bond motifs is 4. The molecule has 0 bridgehead atoms. The van der Waals surface area contributed by atoms with Crippen LogP contribution in [0, 0.1) is 5.82 Å². The summed E-state index contributed by atoms with van der Waals surface area (Å²) in [7, 11) is 0. The van der Waals surface area contributed by atoms with E-state index in [2.05, 4.69) is 10.1 Å². The summed E-state index contributed by atoms with van der Waals surface area (Å²) in [4.78, 5) is 4.59. The number of nitrogens with zero attached hydrogens (tertiary/aromatic N) is 2. The lowest BCUT2D eigenvalue weighted by molar-refractivity contribution is 0.301. The Morgan fingerprint density at radius 3 is 2.88 bits per heavy atom. The summed E-state index contributed by atoms with van der Waals surface area (Å²) < 4.78 is 24.6. The van der Waals surface area contributed by atoms with Gasteiger partial charge in [0.15, 0.2) is 5.58 Å². The predicted octanol–water partition coefficient (Wildman–Crippen LogP) is 4.59. The molecule has 0 amide bonds. The van der Waals surface area contributed by atoms with Crippen LogP contribution in [0.25, 0.3) is 33.5 Å². The van der Waals surface area contributed by atoms with E-state index in [1.165, 1.54) is 12.1 Å². The molecule has 0 radical (unpaired) electrons. The van der Waals surface area contributed by atoms with E-state index >= 15 is 0 Å². The maximum absolute atomic E-state index is 13.5. The van der Waals surface area contributed by atoms with Crippen molar-refractivity contribution in [3.05, 3.63) is 66.1 Å². The van der Waals surface area contributed by atoms with Gasteiger partial charge in [-0.1, -0.05) is 17.3 Å². The molecule has 116 valence electrons. The Morgan fingerprint density at radius 1 is 1.00 bits per heavy atom. The second-order valence-electron chi connectivity index (χ2n) is 5.69. The normalized spacial score (nSPS) is 12.5. The highest BCUT2D eigenvalue weighted by atomic mass is 19.1. The number of pyridine rings is 1. The molecule has 3 heterocycles. The van der Waals surface area contributed by atoms with Gasteiger partial charge in [0.2, 0.25) is 0 Å². The van der Waals surface area contributed by atoms with Gasteiger partial charge in [-0.15, -0.1) is 0 Å². The van der Waals surface area contributed by atoms with Crippen molar-refractivity contribution in [3.63, 3.8) is 0 Å². The number of ether oxygens (including phenoxy) is 1. The highest BCUT2D eigenvalue weighted by molar-refractivity contribution is 5.91. The zero-order valence-electron chi connectivity index (χ0n) is 12.5. The van der Waals surface area contributed by atoms with Gasteiger partial charge in [0.25, 0.3) is 0 Å². The fraction of sp³-hybridized carbons (Fsp3) is 0.0526. The number of hydrogen-bond donors (Lipinski definition) is 0. The first-order valence-electron chi connectivity index (χ1n) is 7.56. The molecule has 2 aromatic heterocycles. The Bertz CT molecular complexity index is 1090. The van der Waals surface area contributed by atoms with E-state index in [1.807, 2.05) is 30.3 Å². The van der Waals surface area contributed by atoms with Crippen LogP contribution in [0.4, 0.5) is 4.39 Å². The summed E-state index contributed by atoms with van der Waals surface area (Å²) in [6.45, 7) is 0.442. The van der Waals surface area contributed by atoms with Crippen LogP contribution in [0.3, 0.4) is 0 Å². The van der Waals surface area contributed by atoms with Gasteiger partial charge in [-0.05, 0) is 36.4 Å². The largest absolute Gasteiger partial charge is 0.488 e. The quantitative estimate of drug-likeness (QED) is 0.515. The summed E-state index contributed by atoms with van der Waals surface area (Å²) in [5, 5.41) is 4.71. The van der Waals surface area contributed by atoms with Crippen molar-refractivity contribution >= 4 is 11.0 Å². The molecule has 0 atom stereocenters. The highest BCUT2D eigenvalue weighted by Gasteiger charge is 2.20. The van der Waals surface area contributed by atoms with Gasteiger partial charge in [-0.25, -0.2) is 4.39 Å². The van der Waals surface area contributed by atoms with E-state index in [-0.39, 0.29) is 5.82 Å². The standard InChI is InChI=1S/C19H11FN2O2/c20-13-5-6-17-15(8-13)19(22-24-17)11-7-12-10-23-16-4-2-1-3-14(16)18(12)21-9-11/h1-9H,10H2. The molecule has 0 N–H and O–H groups in total. The van der Waals surface area contributed by atoms with Gasteiger partial charge in [-0.2, -0.15) is 0 Å². The molecule has 0 aliphatic carbocycles. The Kier molecular flexibility index (Phi) is 2.70. The summed E-state index contributed by atoms with van der Waals surface area (Å²) in [6.07, 6.45) is 1.74. The third-order valence-corrected chi connectivity index (χ3v) is 4.20. The predicted molar refractivity (Wildman–Crippen MR) is 87.0 cm³/mol. The Labute approximate surface area is 136 Å². The number of rotatable bonds is 1. The fourth-order valence-corrected chi connectivity index (χ4v) is 3.06. The van der Waals surface area contributed by atoms with E-state index in [1.54, 1.807) is 12.3 Å². The zero-order valence-corrected chi connectivity index (χ0v) is 12.5. The molecule has 0 saturated heterocycles. The highest BCUT2D eigenvalue weighted by Crippen LogP contribution is 2.38. The van der Waals surface area contributed by atoms with Crippen molar-refractivity contribution in [1.29, 1.82) is 0 Å². The molecule has 2 aromatic carbocycles. The summed E-state index contributed by atoms with van der Waals surface area (Å²) in [5.74, 6) is 0.509. The Morgan fingerprint density at radius 2 is 1.92 bits per heavy atom. The molecule has 5 rings (SSSR count). The Hall–Kier alpha value is -3.21. The van der Waals surface area contributed by atoms with Crippen LogP contribution in [0.5, 0.6) is 5.75 Å². The van der Waals surface area contributed by atoms with Crippen molar-refractivity contribution in [3.8, 4) is 28.3 Å². The van der Waals surface area contributed by atoms with E-state index < -0.39 is 0 Å². The number of halogens is 1. The minimum Gasteiger partial charge on any atom is -0.488 e. The van der Waals surface area contributed by atoms with Gasteiger partial charge in [0, 0.05) is 22.9 Å². The minimum absolute atomic E-state index is 0.324. The molecule has 0 unspecified atom stereocenters. The van der Waals surface area contributed by atoms with Gasteiger partial charge in [0.1, 0.15) is 23.9 Å². The average molecular weight is 318 g/mol. The molecule has 1 aliphatic rings. The van der Waals surface area contributed by atoms with E-state index in [9.17, 15) is 4.39 Å². The van der Waals surface area contributed by atoms with Crippen LogP contribution in [0.2, 0.25) is 0 Å². The molecule has 0 saturated carbocycles. The van der Waals surface area contributed by atoms with E-state index in [0.29, 0.717) is 23.3 Å². The second-order valence-corrected chi connectivity index (χ2v) is 5.69. The van der Waals surface area contributed by atoms with Crippen LogP contribution in [0.15, 0.2) is 59.3 Å². The molecule has 24 heavy (non-hydrogen) atoms. The third-order valence-electron chi connectivity index (χ3n) is 4.20. The van der Waals surface area contributed by atoms with Crippen molar-refractivity contribution in [1.82, 2.24) is 10.1 Å². The number of benzene rings is 2. The SMILES string of the molecule is Fc1ccc2onc(-c3cnc4c(c3)COc3ccccc3-4)c2c1. The maximum Gasteiger partial charge on any atom is 0.167 e. The Balaban J connectivity index is 1.68. The van der Waals surface area contributed by atoms with Crippen LogP contribution in [0.1, 0.15) is 5.56 Å². The smallest absolute Gasteiger partial charge is 0.167 e. The topological polar surface area (TPSA) is 48.2 Å². The first-order valence-corrected chi connectivity index (χ1v) is 7.56. The van der Waals surface area contributed by atoms with Crippen LogP contribution in [-0.2, 0) is 6.61 Å². The lowest BCUT2D eigenvalue weighted by Crippen LogP contribution is -2.07. The van der Waals surface area contributed by atoms with Crippen molar-refractivity contribution < 1.29 is 13.7 Å². The minimum atomic E-state index is -0.324. The molecule has 5 heteroatoms. The van der Waals surface area contributed by atoms with Crippen LogP contribution in [-0.4, -0.2) is 10.1 Å². The molecular weight excluding hydrogens is 307 g/mol. The van der Waals surface area contributed by atoms with Gasteiger partial charge in [-0.3, -0.25) is 4.98 Å². The lowest BCUT2D eigenvalue weighted by atomic mass is 10.00. The van der Waals surface area contributed by atoms with Crippen LogP contribution >= 0.6 is 0 Å². The van der Waals surface area contributed by atoms with Gasteiger partial charge < -0.3 is 9.26 Å².